The van der Waals surface area contributed by atoms with Crippen molar-refractivity contribution in [1.82, 2.24) is 9.97 Å². The van der Waals surface area contributed by atoms with E-state index < -0.39 is 17.8 Å². The maximum absolute atomic E-state index is 15.2. The van der Waals surface area contributed by atoms with E-state index >= 15 is 4.39 Å². The number of aromatic amines is 1. The highest BCUT2D eigenvalue weighted by Crippen LogP contribution is 2.30. The molecule has 0 bridgehead atoms. The molecule has 4 N–H and O–H groups in total. The number of anilines is 1. The fraction of sp³-hybridized carbons (Fsp3) is 0.0690. The van der Waals surface area contributed by atoms with E-state index in [2.05, 4.69) is 15.3 Å². The number of nitrogens with two attached hydrogens (primary N) is 1. The second-order valence-electron chi connectivity index (χ2n) is 8.44. The third-order valence-corrected chi connectivity index (χ3v) is 6.16. The van der Waals surface area contributed by atoms with Crippen molar-refractivity contribution in [2.75, 3.05) is 5.32 Å². The van der Waals surface area contributed by atoms with E-state index in [1.807, 2.05) is 60.7 Å². The van der Waals surface area contributed by atoms with Gasteiger partial charge in [0, 0.05) is 35.1 Å². The minimum Gasteiger partial charge on any atom is -0.328 e. The molecule has 0 saturated carbocycles. The Kier molecular flexibility index (Phi) is 9.36. The number of fused-ring (bicyclic) bond motifs is 1. The van der Waals surface area contributed by atoms with Crippen LogP contribution in [0.25, 0.3) is 22.0 Å². The highest BCUT2D eigenvalue weighted by Gasteiger charge is 2.28. The molecule has 0 aliphatic heterocycles. The quantitative estimate of drug-likeness (QED) is 0.253. The van der Waals surface area contributed by atoms with E-state index in [0.717, 1.165) is 11.1 Å². The molecule has 0 spiro atoms. The van der Waals surface area contributed by atoms with Gasteiger partial charge in [0.05, 0.1) is 16.9 Å². The van der Waals surface area contributed by atoms with Crippen LogP contribution in [-0.4, -0.2) is 21.9 Å². The molecular weight excluding hydrogens is 526 g/mol. The summed E-state index contributed by atoms with van der Waals surface area (Å²) in [4.78, 5) is 32.2. The molecule has 194 valence electrons. The van der Waals surface area contributed by atoms with Crippen LogP contribution in [0.5, 0.6) is 0 Å². The maximum Gasteiger partial charge on any atom is 0.257 e. The third kappa shape index (κ3) is 5.75. The third-order valence-electron chi connectivity index (χ3n) is 6.16. The summed E-state index contributed by atoms with van der Waals surface area (Å²) in [6, 6.07) is 25.9. The summed E-state index contributed by atoms with van der Waals surface area (Å²) < 4.78 is 15.2. The van der Waals surface area contributed by atoms with Gasteiger partial charge in [0.1, 0.15) is 5.82 Å². The molecule has 0 unspecified atom stereocenters. The van der Waals surface area contributed by atoms with Crippen molar-refractivity contribution < 1.29 is 9.18 Å². The predicted octanol–water partition coefficient (Wildman–Crippen LogP) is 5.67. The molecule has 5 aromatic rings. The summed E-state index contributed by atoms with van der Waals surface area (Å²) >= 11 is 0. The van der Waals surface area contributed by atoms with E-state index in [1.165, 1.54) is 12.3 Å². The van der Waals surface area contributed by atoms with Crippen LogP contribution >= 0.6 is 24.8 Å². The van der Waals surface area contributed by atoms with Crippen molar-refractivity contribution >= 4 is 47.3 Å². The minimum absolute atomic E-state index is 0. The van der Waals surface area contributed by atoms with Crippen molar-refractivity contribution in [1.29, 1.82) is 0 Å². The van der Waals surface area contributed by atoms with Crippen LogP contribution in [0, 0.1) is 5.82 Å². The molecule has 6 nitrogen and oxygen atoms in total. The molecule has 2 heterocycles. The van der Waals surface area contributed by atoms with Crippen LogP contribution in [0.2, 0.25) is 0 Å². The lowest BCUT2D eigenvalue weighted by Gasteiger charge is -2.24. The summed E-state index contributed by atoms with van der Waals surface area (Å²) in [6.45, 7) is 0. The predicted molar refractivity (Wildman–Crippen MR) is 154 cm³/mol. The first kappa shape index (κ1) is 28.5. The number of aromatic nitrogens is 2. The van der Waals surface area contributed by atoms with Crippen LogP contribution in [0.1, 0.15) is 17.0 Å². The molecule has 3 aromatic carbocycles. The number of rotatable bonds is 6. The van der Waals surface area contributed by atoms with Crippen molar-refractivity contribution in [3.05, 3.63) is 131 Å². The number of carbonyl (C=O) groups excluding carboxylic acids is 1. The van der Waals surface area contributed by atoms with Crippen LogP contribution in [0.3, 0.4) is 0 Å². The molecule has 0 aliphatic rings. The Balaban J connectivity index is 0.00000200. The van der Waals surface area contributed by atoms with Crippen molar-refractivity contribution in [3.63, 3.8) is 0 Å². The van der Waals surface area contributed by atoms with Gasteiger partial charge < -0.3 is 16.0 Å². The second kappa shape index (κ2) is 12.5. The molecule has 0 radical (unpaired) electrons. The Labute approximate surface area is 231 Å². The van der Waals surface area contributed by atoms with Crippen molar-refractivity contribution in [2.24, 2.45) is 5.73 Å². The van der Waals surface area contributed by atoms with Gasteiger partial charge in [0.2, 0.25) is 5.91 Å². The zero-order valence-electron chi connectivity index (χ0n) is 20.0. The molecule has 0 aliphatic carbocycles. The summed E-state index contributed by atoms with van der Waals surface area (Å²) in [5, 5.41) is 3.12. The van der Waals surface area contributed by atoms with E-state index in [0.29, 0.717) is 16.5 Å². The van der Waals surface area contributed by atoms with Gasteiger partial charge >= 0.3 is 0 Å². The topological polar surface area (TPSA) is 101 Å². The number of H-pyrrole nitrogens is 1. The van der Waals surface area contributed by atoms with Crippen LogP contribution in [0.4, 0.5) is 10.1 Å². The lowest BCUT2D eigenvalue weighted by Crippen LogP contribution is -2.41. The minimum atomic E-state index is -0.912. The van der Waals surface area contributed by atoms with Crippen molar-refractivity contribution in [2.45, 2.75) is 12.0 Å². The average molecular weight is 551 g/mol. The van der Waals surface area contributed by atoms with E-state index in [1.54, 1.807) is 30.5 Å². The van der Waals surface area contributed by atoms with Crippen LogP contribution in [0.15, 0.2) is 108 Å². The molecule has 9 heteroatoms. The van der Waals surface area contributed by atoms with Crippen LogP contribution in [-0.2, 0) is 4.79 Å². The number of pyridine rings is 2. The van der Waals surface area contributed by atoms with Gasteiger partial charge in [-0.05, 0) is 41.5 Å². The standard InChI is InChI=1S/C29H23FN4O2.2ClH/c30-24-16-20(13-14-21(24)23-17-33-28(35)22-12-7-15-32-27(22)23)34-29(36)26(31)25(18-8-3-1-4-9-18)19-10-5-2-6-11-19;;/h1-17,25-26H,31H2,(H,33,35)(H,34,36);2*1H/t26-;;/m0../s1. The molecule has 38 heavy (non-hydrogen) atoms. The lowest BCUT2D eigenvalue weighted by molar-refractivity contribution is -0.117. The zero-order chi connectivity index (χ0) is 25.1. The number of benzene rings is 3. The van der Waals surface area contributed by atoms with Gasteiger partial charge in [-0.3, -0.25) is 14.6 Å². The monoisotopic (exact) mass is 550 g/mol. The molecule has 0 fully saturated rings. The van der Waals surface area contributed by atoms with E-state index in [4.69, 9.17) is 5.73 Å². The molecular formula is C29H25Cl2FN4O2. The Bertz CT molecular complexity index is 1560. The van der Waals surface area contributed by atoms with Gasteiger partial charge in [-0.25, -0.2) is 4.39 Å². The Morgan fingerprint density at radius 3 is 2.11 bits per heavy atom. The SMILES string of the molecule is Cl.Cl.N[C@H](C(=O)Nc1ccc(-c2c[nH]c(=O)c3cccnc23)c(F)c1)C(c1ccccc1)c1ccccc1. The summed E-state index contributed by atoms with van der Waals surface area (Å²) in [7, 11) is 0. The fourth-order valence-corrected chi connectivity index (χ4v) is 4.41. The number of halogens is 3. The molecule has 5 rings (SSSR count). The number of hydrogen-bond acceptors (Lipinski definition) is 4. The van der Waals surface area contributed by atoms with Gasteiger partial charge in [0.25, 0.3) is 5.56 Å². The number of nitrogens with zero attached hydrogens (tertiary/aromatic N) is 1. The first-order valence-corrected chi connectivity index (χ1v) is 11.5. The largest absolute Gasteiger partial charge is 0.328 e. The first-order valence-electron chi connectivity index (χ1n) is 11.5. The number of carbonyl (C=O) groups is 1. The highest BCUT2D eigenvalue weighted by atomic mass is 35.5. The van der Waals surface area contributed by atoms with Gasteiger partial charge in [0.15, 0.2) is 0 Å². The Morgan fingerprint density at radius 1 is 0.868 bits per heavy atom. The second-order valence-corrected chi connectivity index (χ2v) is 8.44. The van der Waals surface area contributed by atoms with Crippen molar-refractivity contribution in [3.8, 4) is 11.1 Å². The smallest absolute Gasteiger partial charge is 0.257 e. The first-order chi connectivity index (χ1) is 17.5. The van der Waals surface area contributed by atoms with Crippen LogP contribution < -0.4 is 16.6 Å². The van der Waals surface area contributed by atoms with Gasteiger partial charge in [-0.2, -0.15) is 0 Å². The Hall–Kier alpha value is -4.04. The van der Waals surface area contributed by atoms with Gasteiger partial charge in [-0.1, -0.05) is 60.7 Å². The summed E-state index contributed by atoms with van der Waals surface area (Å²) in [5.74, 6) is -1.38. The number of hydrogen-bond donors (Lipinski definition) is 3. The molecule has 0 saturated heterocycles. The Morgan fingerprint density at radius 2 is 1.50 bits per heavy atom. The molecule has 1 atom stereocenters. The maximum atomic E-state index is 15.2. The lowest BCUT2D eigenvalue weighted by atomic mass is 9.85. The zero-order valence-corrected chi connectivity index (χ0v) is 21.6. The van der Waals surface area contributed by atoms with E-state index in [9.17, 15) is 9.59 Å². The number of amides is 1. The average Bonchev–Trinajstić information content (AvgIpc) is 2.91. The molecule has 2 aromatic heterocycles. The summed E-state index contributed by atoms with van der Waals surface area (Å²) in [6.07, 6.45) is 2.99. The fourth-order valence-electron chi connectivity index (χ4n) is 4.41. The highest BCUT2D eigenvalue weighted by molar-refractivity contribution is 5.97. The summed E-state index contributed by atoms with van der Waals surface area (Å²) in [5.41, 5.74) is 9.35. The normalized spacial score (nSPS) is 11.3. The molecule has 1 amide bonds. The number of nitrogens with one attached hydrogen (secondary N) is 2. The van der Waals surface area contributed by atoms with E-state index in [-0.39, 0.29) is 47.5 Å². The van der Waals surface area contributed by atoms with Gasteiger partial charge in [-0.15, -0.1) is 24.8 Å².